The van der Waals surface area contributed by atoms with E-state index < -0.39 is 12.2 Å². The van der Waals surface area contributed by atoms with E-state index in [1.165, 1.54) is 0 Å². The molecule has 0 aliphatic rings. The van der Waals surface area contributed by atoms with E-state index in [4.69, 9.17) is 0 Å². The van der Waals surface area contributed by atoms with Crippen molar-refractivity contribution in [3.8, 4) is 0 Å². The summed E-state index contributed by atoms with van der Waals surface area (Å²) < 4.78 is 0. The predicted molar refractivity (Wildman–Crippen MR) is 58.4 cm³/mol. The maximum atomic E-state index is 11.9. The van der Waals surface area contributed by atoms with E-state index in [0.29, 0.717) is 11.1 Å². The van der Waals surface area contributed by atoms with E-state index in [2.05, 4.69) is 0 Å². The van der Waals surface area contributed by atoms with Crippen LogP contribution in [0.5, 0.6) is 0 Å². The number of benzene rings is 2. The Kier molecular flexibility index (Phi) is 8.41. The summed E-state index contributed by atoms with van der Waals surface area (Å²) in [4.78, 5) is 0. The third-order valence-corrected chi connectivity index (χ3v) is 2.53. The van der Waals surface area contributed by atoms with Crippen LogP contribution in [0.3, 0.4) is 0 Å². The zero-order valence-electron chi connectivity index (χ0n) is 10.7. The Balaban J connectivity index is 0.00000144. The van der Waals surface area contributed by atoms with Gasteiger partial charge in [0.25, 0.3) is 0 Å². The van der Waals surface area contributed by atoms with E-state index in [1.54, 1.807) is 48.5 Å². The molecule has 0 saturated heterocycles. The molecule has 2 nitrogen and oxygen atoms in total. The molecule has 0 fully saturated rings. The fraction of sp³-hybridized carbons (Fsp3) is 0.143. The average Bonchev–Trinajstić information content (AvgIpc) is 2.39. The van der Waals surface area contributed by atoms with Crippen LogP contribution < -0.4 is 47.9 Å². The van der Waals surface area contributed by atoms with Gasteiger partial charge in [-0.1, -0.05) is 71.8 Å². The zero-order valence-corrected chi connectivity index (χ0v) is 10.7. The van der Waals surface area contributed by atoms with E-state index in [-0.39, 0.29) is 37.7 Å². The fourth-order valence-corrected chi connectivity index (χ4v) is 1.64. The number of hydrogen-bond acceptors (Lipinski definition) is 2. The second kappa shape index (κ2) is 8.62. The van der Waals surface area contributed by atoms with Crippen LogP contribution in [0.1, 0.15) is 23.3 Å². The van der Waals surface area contributed by atoms with Crippen LogP contribution in [-0.2, 0) is 0 Å². The van der Waals surface area contributed by atoms with Gasteiger partial charge in [-0.3, -0.25) is 0 Å². The van der Waals surface area contributed by atoms with Gasteiger partial charge in [0.1, 0.15) is 0 Å². The Labute approximate surface area is 131 Å². The van der Waals surface area contributed by atoms with Gasteiger partial charge in [0.2, 0.25) is 0 Å². The molecule has 2 aromatic rings. The quantitative estimate of drug-likeness (QED) is 0.493. The first-order valence-corrected chi connectivity index (χ1v) is 5.20. The predicted octanol–water partition coefficient (Wildman–Crippen LogP) is -4.80. The van der Waals surface area contributed by atoms with Crippen LogP contribution in [0, 0.1) is 0 Å². The maximum Gasteiger partial charge on any atom is 1.00 e. The van der Waals surface area contributed by atoms with Gasteiger partial charge in [-0.05, 0) is 0 Å². The van der Waals surface area contributed by atoms with E-state index >= 15 is 0 Å². The average molecular weight is 226 g/mol. The molecule has 0 amide bonds. The molecule has 0 radical (unpaired) electrons. The van der Waals surface area contributed by atoms with Crippen molar-refractivity contribution in [2.24, 2.45) is 0 Å². The third kappa shape index (κ3) is 4.34. The molecule has 2 atom stereocenters. The van der Waals surface area contributed by atoms with Crippen molar-refractivity contribution in [2.75, 3.05) is 0 Å². The monoisotopic (exact) mass is 226 g/mol. The summed E-state index contributed by atoms with van der Waals surface area (Å²) in [5.41, 5.74) is 1.10. The zero-order chi connectivity index (χ0) is 11.4. The topological polar surface area (TPSA) is 46.1 Å². The molecule has 0 N–H and O–H groups in total. The van der Waals surface area contributed by atoms with Gasteiger partial charge in [0.05, 0.1) is 0 Å². The van der Waals surface area contributed by atoms with Crippen molar-refractivity contribution in [3.05, 3.63) is 71.8 Å². The standard InChI is InChI=1S/C14H12O2.2Li/c15-13(11-7-3-1-4-8-11)14(16)12-9-5-2-6-10-12;;/h1-10,13-14H;;/q-2;2*+1. The summed E-state index contributed by atoms with van der Waals surface area (Å²) in [5.74, 6) is 0. The minimum atomic E-state index is -1.25. The number of rotatable bonds is 3. The molecule has 2 aromatic carbocycles. The van der Waals surface area contributed by atoms with Crippen LogP contribution in [0.15, 0.2) is 60.7 Å². The first kappa shape index (κ1) is 17.6. The molecular weight excluding hydrogens is 214 g/mol. The molecule has 0 spiro atoms. The Morgan fingerprint density at radius 3 is 1.11 bits per heavy atom. The summed E-state index contributed by atoms with van der Waals surface area (Å²) in [6, 6.07) is 17.6. The molecular formula is C14H12Li2O2. The summed E-state index contributed by atoms with van der Waals surface area (Å²) >= 11 is 0. The molecule has 18 heavy (non-hydrogen) atoms. The number of hydrogen-bond donors (Lipinski definition) is 0. The van der Waals surface area contributed by atoms with Gasteiger partial charge in [0.15, 0.2) is 0 Å². The molecule has 0 heterocycles. The van der Waals surface area contributed by atoms with Crippen molar-refractivity contribution < 1.29 is 47.9 Å². The van der Waals surface area contributed by atoms with E-state index in [1.807, 2.05) is 12.1 Å². The van der Waals surface area contributed by atoms with Crippen LogP contribution in [-0.4, -0.2) is 0 Å². The Morgan fingerprint density at radius 2 is 0.833 bits per heavy atom. The minimum absolute atomic E-state index is 0. The van der Waals surface area contributed by atoms with Crippen LogP contribution in [0.4, 0.5) is 0 Å². The first-order valence-electron chi connectivity index (χ1n) is 5.20. The van der Waals surface area contributed by atoms with Gasteiger partial charge in [0, 0.05) is 0 Å². The van der Waals surface area contributed by atoms with E-state index in [9.17, 15) is 10.2 Å². The fourth-order valence-electron chi connectivity index (χ4n) is 1.64. The largest absolute Gasteiger partial charge is 1.00 e. The first-order chi connectivity index (χ1) is 7.79. The van der Waals surface area contributed by atoms with Crippen molar-refractivity contribution in [1.29, 1.82) is 0 Å². The van der Waals surface area contributed by atoms with Crippen LogP contribution in [0.2, 0.25) is 0 Å². The molecule has 0 aliphatic carbocycles. The van der Waals surface area contributed by atoms with Crippen molar-refractivity contribution in [3.63, 3.8) is 0 Å². The molecule has 0 saturated carbocycles. The Bertz CT molecular complexity index is 391. The Morgan fingerprint density at radius 1 is 0.556 bits per heavy atom. The molecule has 4 heteroatoms. The van der Waals surface area contributed by atoms with Gasteiger partial charge < -0.3 is 10.2 Å². The molecule has 0 aromatic heterocycles. The third-order valence-electron chi connectivity index (χ3n) is 2.53. The normalized spacial score (nSPS) is 12.8. The molecule has 0 aliphatic heterocycles. The summed E-state index contributed by atoms with van der Waals surface area (Å²) in [6.07, 6.45) is -2.49. The SMILES string of the molecule is [Li+].[Li+].[O-]C(c1ccccc1)C([O-])c1ccccc1. The molecule has 2 rings (SSSR count). The summed E-state index contributed by atoms with van der Waals surface area (Å²) in [6.45, 7) is 0. The van der Waals surface area contributed by atoms with Gasteiger partial charge in [-0.15, -0.1) is 12.2 Å². The van der Waals surface area contributed by atoms with Gasteiger partial charge in [-0.25, -0.2) is 0 Å². The molecule has 2 unspecified atom stereocenters. The van der Waals surface area contributed by atoms with Crippen LogP contribution in [0.25, 0.3) is 0 Å². The van der Waals surface area contributed by atoms with Crippen molar-refractivity contribution in [1.82, 2.24) is 0 Å². The van der Waals surface area contributed by atoms with E-state index in [0.717, 1.165) is 0 Å². The Hall–Kier alpha value is -0.445. The van der Waals surface area contributed by atoms with Gasteiger partial charge in [-0.2, -0.15) is 0 Å². The van der Waals surface area contributed by atoms with Crippen molar-refractivity contribution >= 4 is 0 Å². The van der Waals surface area contributed by atoms with Crippen LogP contribution >= 0.6 is 0 Å². The molecule has 82 valence electrons. The molecule has 0 bridgehead atoms. The maximum absolute atomic E-state index is 11.9. The second-order valence-electron chi connectivity index (χ2n) is 3.66. The smallest absolute Gasteiger partial charge is 0.849 e. The van der Waals surface area contributed by atoms with Crippen molar-refractivity contribution in [2.45, 2.75) is 12.2 Å². The summed E-state index contributed by atoms with van der Waals surface area (Å²) in [7, 11) is 0. The minimum Gasteiger partial charge on any atom is -0.849 e. The van der Waals surface area contributed by atoms with Gasteiger partial charge >= 0.3 is 37.7 Å². The summed E-state index contributed by atoms with van der Waals surface area (Å²) in [5, 5.41) is 23.8. The second-order valence-corrected chi connectivity index (χ2v) is 3.66.